The first-order chi connectivity index (χ1) is 13.6. The lowest BCUT2D eigenvalue weighted by Crippen LogP contribution is -2.52. The maximum atomic E-state index is 13.5. The molecule has 1 aliphatic heterocycles. The number of nitrogens with zero attached hydrogens (tertiary/aromatic N) is 2. The molecule has 1 aromatic carbocycles. The second-order valence-electron chi connectivity index (χ2n) is 7.48. The molecule has 2 N–H and O–H groups in total. The van der Waals surface area contributed by atoms with Gasteiger partial charge in [0.05, 0.1) is 0 Å². The molecule has 1 saturated heterocycles. The summed E-state index contributed by atoms with van der Waals surface area (Å²) in [5, 5.41) is 6.35. The summed E-state index contributed by atoms with van der Waals surface area (Å²) in [6, 6.07) is 6.32. The zero-order valence-corrected chi connectivity index (χ0v) is 19.5. The fourth-order valence-electron chi connectivity index (χ4n) is 3.56. The topological polar surface area (TPSA) is 73.8 Å². The van der Waals surface area contributed by atoms with Crippen molar-refractivity contribution in [2.24, 2.45) is 4.99 Å². The first-order valence-corrected chi connectivity index (χ1v) is 10.8. The molecule has 0 amide bonds. The Kier molecular flexibility index (Phi) is 8.00. The molecule has 12 heteroatoms. The van der Waals surface area contributed by atoms with E-state index in [1.54, 1.807) is 13.1 Å². The van der Waals surface area contributed by atoms with Gasteiger partial charge < -0.3 is 10.6 Å². The van der Waals surface area contributed by atoms with Gasteiger partial charge in [0, 0.05) is 38.1 Å². The minimum atomic E-state index is -5.28. The third-order valence-corrected chi connectivity index (χ3v) is 7.17. The van der Waals surface area contributed by atoms with E-state index in [4.69, 9.17) is 0 Å². The van der Waals surface area contributed by atoms with E-state index in [1.807, 2.05) is 6.07 Å². The van der Waals surface area contributed by atoms with Gasteiger partial charge in [0.15, 0.2) is 5.96 Å². The lowest BCUT2D eigenvalue weighted by Gasteiger charge is -2.32. The van der Waals surface area contributed by atoms with E-state index in [0.29, 0.717) is 16.8 Å². The van der Waals surface area contributed by atoms with Gasteiger partial charge in [-0.2, -0.15) is 17.5 Å². The van der Waals surface area contributed by atoms with E-state index >= 15 is 0 Å². The van der Waals surface area contributed by atoms with Crippen LogP contribution in [0.25, 0.3) is 0 Å². The molecule has 0 aromatic heterocycles. The van der Waals surface area contributed by atoms with Crippen molar-refractivity contribution in [2.75, 3.05) is 26.7 Å². The molecule has 6 nitrogen and oxygen atoms in total. The van der Waals surface area contributed by atoms with Gasteiger partial charge in [-0.25, -0.2) is 12.8 Å². The SMILES string of the molecule is CN=C(NCC1(c2cccc(F)c2)CC1)NC1CCN(S(=O)(=O)C(F)(F)F)CC1.I. The number of nitrogens with one attached hydrogen (secondary N) is 2. The third-order valence-electron chi connectivity index (χ3n) is 5.54. The number of aliphatic imine (C=N–C) groups is 1. The van der Waals surface area contributed by atoms with Crippen LogP contribution in [0.15, 0.2) is 29.3 Å². The standard InChI is InChI=1S/C18H24F4N4O2S.HI/c1-23-16(24-12-17(7-8-17)13-3-2-4-14(19)11-13)25-15-5-9-26(10-6-15)29(27,28)18(20,21)22;/h2-4,11,15H,5-10,12H2,1H3,(H2,23,24,25);1H. The van der Waals surface area contributed by atoms with E-state index in [9.17, 15) is 26.0 Å². The third kappa shape index (κ3) is 5.55. The van der Waals surface area contributed by atoms with E-state index in [1.165, 1.54) is 12.1 Å². The van der Waals surface area contributed by atoms with Crippen molar-refractivity contribution < 1.29 is 26.0 Å². The van der Waals surface area contributed by atoms with Crippen LogP contribution in [0.3, 0.4) is 0 Å². The van der Waals surface area contributed by atoms with Gasteiger partial charge >= 0.3 is 15.5 Å². The number of hydrogen-bond donors (Lipinski definition) is 2. The summed E-state index contributed by atoms with van der Waals surface area (Å²) in [6.45, 7) is 0.144. The zero-order valence-electron chi connectivity index (χ0n) is 16.4. The molecule has 0 spiro atoms. The molecule has 0 bridgehead atoms. The Morgan fingerprint density at radius 1 is 1.27 bits per heavy atom. The lowest BCUT2D eigenvalue weighted by molar-refractivity contribution is -0.0494. The quantitative estimate of drug-likeness (QED) is 0.250. The van der Waals surface area contributed by atoms with Crippen molar-refractivity contribution in [1.82, 2.24) is 14.9 Å². The second-order valence-corrected chi connectivity index (χ2v) is 9.41. The first kappa shape index (κ1) is 25.1. The first-order valence-electron chi connectivity index (χ1n) is 9.37. The van der Waals surface area contributed by atoms with Crippen molar-refractivity contribution in [2.45, 2.75) is 42.6 Å². The van der Waals surface area contributed by atoms with Crippen LogP contribution in [0.1, 0.15) is 31.2 Å². The van der Waals surface area contributed by atoms with Crippen molar-refractivity contribution >= 4 is 40.0 Å². The number of rotatable bonds is 5. The molecule has 0 atom stereocenters. The van der Waals surface area contributed by atoms with Crippen molar-refractivity contribution in [3.63, 3.8) is 0 Å². The number of hydrogen-bond acceptors (Lipinski definition) is 3. The van der Waals surface area contributed by atoms with Crippen LogP contribution in [0, 0.1) is 5.82 Å². The maximum absolute atomic E-state index is 13.5. The highest BCUT2D eigenvalue weighted by Gasteiger charge is 2.50. The number of sulfonamides is 1. The summed E-state index contributed by atoms with van der Waals surface area (Å²) in [6.07, 6.45) is 2.33. The second kappa shape index (κ2) is 9.55. The molecule has 30 heavy (non-hydrogen) atoms. The van der Waals surface area contributed by atoms with Crippen LogP contribution in [0.2, 0.25) is 0 Å². The molecule has 1 aromatic rings. The van der Waals surface area contributed by atoms with Gasteiger partial charge in [-0.3, -0.25) is 4.99 Å². The lowest BCUT2D eigenvalue weighted by atomic mass is 9.96. The van der Waals surface area contributed by atoms with E-state index in [0.717, 1.165) is 18.4 Å². The molecule has 0 radical (unpaired) electrons. The summed E-state index contributed by atoms with van der Waals surface area (Å²) in [7, 11) is -3.70. The largest absolute Gasteiger partial charge is 0.511 e. The van der Waals surface area contributed by atoms with Gasteiger partial charge in [0.2, 0.25) is 0 Å². The summed E-state index contributed by atoms with van der Waals surface area (Å²) in [5.41, 5.74) is -4.50. The Balaban J connectivity index is 0.00000320. The molecule has 0 unspecified atom stereocenters. The highest BCUT2D eigenvalue weighted by molar-refractivity contribution is 14.0. The molecular weight excluding hydrogens is 539 g/mol. The Labute approximate surface area is 190 Å². The summed E-state index contributed by atoms with van der Waals surface area (Å²) in [5.74, 6) is 0.210. The van der Waals surface area contributed by atoms with Gasteiger partial charge in [-0.15, -0.1) is 24.0 Å². The number of alkyl halides is 3. The summed E-state index contributed by atoms with van der Waals surface area (Å²) < 4.78 is 75.0. The Bertz CT molecular complexity index is 867. The number of benzene rings is 1. The van der Waals surface area contributed by atoms with E-state index in [-0.39, 0.29) is 67.2 Å². The van der Waals surface area contributed by atoms with Crippen molar-refractivity contribution in [3.8, 4) is 0 Å². The smallest absolute Gasteiger partial charge is 0.356 e. The average molecular weight is 564 g/mol. The molecule has 3 rings (SSSR count). The molecule has 1 aliphatic carbocycles. The monoisotopic (exact) mass is 564 g/mol. The molecule has 1 saturated carbocycles. The Morgan fingerprint density at radius 3 is 2.40 bits per heavy atom. The van der Waals surface area contributed by atoms with Crippen LogP contribution in [0.4, 0.5) is 17.6 Å². The Morgan fingerprint density at radius 2 is 1.90 bits per heavy atom. The van der Waals surface area contributed by atoms with Crippen LogP contribution in [-0.4, -0.2) is 56.9 Å². The van der Waals surface area contributed by atoms with E-state index < -0.39 is 15.5 Å². The minimum absolute atomic E-state index is 0. The highest BCUT2D eigenvalue weighted by atomic mass is 127. The molecule has 2 aliphatic rings. The van der Waals surface area contributed by atoms with Gasteiger partial charge in [0.1, 0.15) is 5.82 Å². The number of piperidine rings is 1. The molecule has 170 valence electrons. The fraction of sp³-hybridized carbons (Fsp3) is 0.611. The van der Waals surface area contributed by atoms with Crippen molar-refractivity contribution in [1.29, 1.82) is 0 Å². The van der Waals surface area contributed by atoms with Gasteiger partial charge in [-0.1, -0.05) is 12.1 Å². The normalized spacial score (nSPS) is 20.4. The molecular formula is C18H25F4IN4O2S. The molecule has 1 heterocycles. The molecule has 2 fully saturated rings. The fourth-order valence-corrected chi connectivity index (χ4v) is 4.55. The predicted molar refractivity (Wildman–Crippen MR) is 117 cm³/mol. The Hall–Kier alpha value is -1.15. The van der Waals surface area contributed by atoms with Gasteiger partial charge in [0.25, 0.3) is 0 Å². The number of guanidine groups is 1. The zero-order chi connectivity index (χ0) is 21.3. The predicted octanol–water partition coefficient (Wildman–Crippen LogP) is 2.95. The summed E-state index contributed by atoms with van der Waals surface area (Å²) >= 11 is 0. The van der Waals surface area contributed by atoms with Crippen LogP contribution in [0.5, 0.6) is 0 Å². The van der Waals surface area contributed by atoms with Crippen LogP contribution in [-0.2, 0) is 15.4 Å². The highest BCUT2D eigenvalue weighted by Crippen LogP contribution is 2.47. The number of halogens is 5. The van der Waals surface area contributed by atoms with Crippen LogP contribution >= 0.6 is 24.0 Å². The average Bonchev–Trinajstić information content (AvgIpc) is 3.46. The van der Waals surface area contributed by atoms with Crippen molar-refractivity contribution in [3.05, 3.63) is 35.6 Å². The van der Waals surface area contributed by atoms with E-state index in [2.05, 4.69) is 15.6 Å². The summed E-state index contributed by atoms with van der Waals surface area (Å²) in [4.78, 5) is 4.14. The minimum Gasteiger partial charge on any atom is -0.356 e. The maximum Gasteiger partial charge on any atom is 0.511 e. The van der Waals surface area contributed by atoms with Crippen LogP contribution < -0.4 is 10.6 Å². The van der Waals surface area contributed by atoms with Gasteiger partial charge in [-0.05, 0) is 43.4 Å².